The largest absolute Gasteiger partial charge is 0.416 e. The van der Waals surface area contributed by atoms with Gasteiger partial charge in [0.05, 0.1) is 17.8 Å². The van der Waals surface area contributed by atoms with Gasteiger partial charge in [-0.25, -0.2) is 4.79 Å². The molecule has 0 aliphatic carbocycles. The molecule has 0 bridgehead atoms. The Morgan fingerprint density at radius 3 is 2.50 bits per heavy atom. The zero-order valence-corrected chi connectivity index (χ0v) is 15.5. The molecule has 1 aromatic heterocycles. The maximum absolute atomic E-state index is 12.9. The number of nitrogens with zero attached hydrogens (tertiary/aromatic N) is 5. The van der Waals surface area contributed by atoms with E-state index >= 15 is 0 Å². The van der Waals surface area contributed by atoms with Gasteiger partial charge in [0.15, 0.2) is 0 Å². The lowest BCUT2D eigenvalue weighted by atomic mass is 10.1. The Hall–Kier alpha value is -3.23. The minimum Gasteiger partial charge on any atom is -0.285 e. The molecule has 0 amide bonds. The molecule has 0 atom stereocenters. The van der Waals surface area contributed by atoms with Gasteiger partial charge in [-0.05, 0) is 53.6 Å². The van der Waals surface area contributed by atoms with Crippen LogP contribution in [-0.2, 0) is 19.8 Å². The van der Waals surface area contributed by atoms with Crippen molar-refractivity contribution in [3.63, 3.8) is 0 Å². The zero-order chi connectivity index (χ0) is 20.5. The average Bonchev–Trinajstić information content (AvgIpc) is 2.98. The van der Waals surface area contributed by atoms with E-state index in [9.17, 15) is 18.0 Å². The molecular weight excluding hydrogens is 371 g/mol. The summed E-state index contributed by atoms with van der Waals surface area (Å²) in [5, 5.41) is 7.57. The fraction of sp³-hybridized carbons (Fsp3) is 0.263. The number of hydrogen-bond donors (Lipinski definition) is 0. The molecule has 0 aliphatic rings. The standard InChI is InChI=1S/C19H18F3N5O/c1-12-6-4-9-17(27-18(28)26(3)24-25-27)16(12)11-23-13(2)14-7-5-8-15(10-14)19(20,21)22/h4-10H,11H2,1-3H3. The van der Waals surface area contributed by atoms with Crippen molar-refractivity contribution < 1.29 is 13.2 Å². The van der Waals surface area contributed by atoms with Crippen LogP contribution in [0.2, 0.25) is 0 Å². The first kappa shape index (κ1) is 19.5. The van der Waals surface area contributed by atoms with Crippen molar-refractivity contribution in [2.24, 2.45) is 12.0 Å². The highest BCUT2D eigenvalue weighted by Crippen LogP contribution is 2.29. The SMILES string of the molecule is CC(=NCc1c(C)cccc1-n1nnn(C)c1=O)c1cccc(C(F)(F)F)c1. The Balaban J connectivity index is 1.97. The lowest BCUT2D eigenvalue weighted by Crippen LogP contribution is -2.23. The smallest absolute Gasteiger partial charge is 0.285 e. The van der Waals surface area contributed by atoms with Crippen LogP contribution < -0.4 is 5.69 Å². The predicted octanol–water partition coefficient (Wildman–Crippen LogP) is 3.30. The van der Waals surface area contributed by atoms with Gasteiger partial charge < -0.3 is 0 Å². The number of hydrogen-bond acceptors (Lipinski definition) is 4. The topological polar surface area (TPSA) is 65.1 Å². The maximum atomic E-state index is 12.9. The number of alkyl halides is 3. The molecule has 0 saturated heterocycles. The van der Waals surface area contributed by atoms with E-state index in [1.54, 1.807) is 25.1 Å². The Labute approximate surface area is 158 Å². The van der Waals surface area contributed by atoms with Crippen LogP contribution in [0.5, 0.6) is 0 Å². The molecule has 9 heteroatoms. The molecule has 3 aromatic rings. The predicted molar refractivity (Wildman–Crippen MR) is 98.7 cm³/mol. The average molecular weight is 389 g/mol. The van der Waals surface area contributed by atoms with E-state index in [0.717, 1.165) is 27.9 Å². The summed E-state index contributed by atoms with van der Waals surface area (Å²) in [5.41, 5.74) is 1.91. The molecule has 2 aromatic carbocycles. The van der Waals surface area contributed by atoms with Gasteiger partial charge in [0, 0.05) is 18.3 Å². The summed E-state index contributed by atoms with van der Waals surface area (Å²) in [7, 11) is 1.50. The summed E-state index contributed by atoms with van der Waals surface area (Å²) in [6.45, 7) is 3.71. The number of aromatic nitrogens is 4. The second-order valence-corrected chi connectivity index (χ2v) is 6.35. The molecule has 0 unspecified atom stereocenters. The maximum Gasteiger partial charge on any atom is 0.416 e. The molecule has 0 saturated carbocycles. The van der Waals surface area contributed by atoms with Gasteiger partial charge in [-0.15, -0.1) is 0 Å². The Kier molecular flexibility index (Phi) is 5.17. The van der Waals surface area contributed by atoms with Gasteiger partial charge in [-0.3, -0.25) is 4.99 Å². The van der Waals surface area contributed by atoms with Crippen molar-refractivity contribution in [2.45, 2.75) is 26.6 Å². The third kappa shape index (κ3) is 3.88. The number of benzene rings is 2. The molecule has 0 radical (unpaired) electrons. The minimum absolute atomic E-state index is 0.188. The minimum atomic E-state index is -4.41. The van der Waals surface area contributed by atoms with Gasteiger partial charge in [0.25, 0.3) is 0 Å². The molecule has 0 spiro atoms. The van der Waals surface area contributed by atoms with Crippen molar-refractivity contribution >= 4 is 5.71 Å². The van der Waals surface area contributed by atoms with Gasteiger partial charge in [-0.1, -0.05) is 24.3 Å². The van der Waals surface area contributed by atoms with Crippen LogP contribution in [0, 0.1) is 6.92 Å². The highest BCUT2D eigenvalue weighted by atomic mass is 19.4. The van der Waals surface area contributed by atoms with Crippen LogP contribution in [0.3, 0.4) is 0 Å². The molecule has 3 rings (SSSR count). The molecule has 28 heavy (non-hydrogen) atoms. The third-order valence-electron chi connectivity index (χ3n) is 4.42. The number of rotatable bonds is 4. The first-order valence-corrected chi connectivity index (χ1v) is 8.45. The highest BCUT2D eigenvalue weighted by molar-refractivity contribution is 5.98. The van der Waals surface area contributed by atoms with Gasteiger partial charge in [0.1, 0.15) is 0 Å². The van der Waals surface area contributed by atoms with Crippen molar-refractivity contribution in [3.05, 3.63) is 75.2 Å². The van der Waals surface area contributed by atoms with Crippen LogP contribution in [0.15, 0.2) is 52.3 Å². The molecule has 6 nitrogen and oxygen atoms in total. The Morgan fingerprint density at radius 1 is 1.14 bits per heavy atom. The first-order valence-electron chi connectivity index (χ1n) is 8.45. The van der Waals surface area contributed by atoms with Crippen molar-refractivity contribution in [1.82, 2.24) is 19.8 Å². The van der Waals surface area contributed by atoms with E-state index in [1.165, 1.54) is 17.8 Å². The molecule has 146 valence electrons. The molecule has 0 aliphatic heterocycles. The van der Waals surface area contributed by atoms with E-state index in [2.05, 4.69) is 15.4 Å². The van der Waals surface area contributed by atoms with E-state index in [0.29, 0.717) is 17.0 Å². The molecule has 0 fully saturated rings. The lowest BCUT2D eigenvalue weighted by molar-refractivity contribution is -0.137. The summed E-state index contributed by atoms with van der Waals surface area (Å²) in [6, 6.07) is 10.4. The summed E-state index contributed by atoms with van der Waals surface area (Å²) >= 11 is 0. The van der Waals surface area contributed by atoms with Crippen molar-refractivity contribution in [2.75, 3.05) is 0 Å². The van der Waals surface area contributed by atoms with Crippen LogP contribution in [0.4, 0.5) is 13.2 Å². The Bertz CT molecular complexity index is 1100. The number of tetrazole rings is 1. The van der Waals surface area contributed by atoms with E-state index in [-0.39, 0.29) is 6.54 Å². The normalized spacial score (nSPS) is 12.4. The monoisotopic (exact) mass is 389 g/mol. The van der Waals surface area contributed by atoms with Crippen molar-refractivity contribution in [1.29, 1.82) is 0 Å². The van der Waals surface area contributed by atoms with Crippen LogP contribution in [0.1, 0.15) is 29.2 Å². The zero-order valence-electron chi connectivity index (χ0n) is 15.5. The van der Waals surface area contributed by atoms with Crippen molar-refractivity contribution in [3.8, 4) is 5.69 Å². The summed E-state index contributed by atoms with van der Waals surface area (Å²) in [6.07, 6.45) is -4.41. The van der Waals surface area contributed by atoms with E-state index < -0.39 is 17.4 Å². The molecule has 1 heterocycles. The van der Waals surface area contributed by atoms with E-state index in [1.807, 2.05) is 13.0 Å². The lowest BCUT2D eigenvalue weighted by Gasteiger charge is -2.11. The van der Waals surface area contributed by atoms with Crippen LogP contribution >= 0.6 is 0 Å². The Morgan fingerprint density at radius 2 is 1.86 bits per heavy atom. The van der Waals surface area contributed by atoms with Gasteiger partial charge >= 0.3 is 11.9 Å². The fourth-order valence-electron chi connectivity index (χ4n) is 2.77. The second kappa shape index (κ2) is 7.41. The number of halogens is 3. The quantitative estimate of drug-likeness (QED) is 0.643. The molecular formula is C19H18F3N5O. The fourth-order valence-corrected chi connectivity index (χ4v) is 2.77. The van der Waals surface area contributed by atoms with Gasteiger partial charge in [-0.2, -0.15) is 22.5 Å². The summed E-state index contributed by atoms with van der Waals surface area (Å²) in [4.78, 5) is 16.6. The van der Waals surface area contributed by atoms with Crippen LogP contribution in [-0.4, -0.2) is 25.5 Å². The summed E-state index contributed by atoms with van der Waals surface area (Å²) < 4.78 is 41.1. The highest BCUT2D eigenvalue weighted by Gasteiger charge is 2.30. The van der Waals surface area contributed by atoms with Crippen LogP contribution in [0.25, 0.3) is 5.69 Å². The number of aliphatic imine (C=N–C) groups is 1. The second-order valence-electron chi connectivity index (χ2n) is 6.35. The third-order valence-corrected chi connectivity index (χ3v) is 4.42. The summed E-state index contributed by atoms with van der Waals surface area (Å²) in [5.74, 6) is 0. The molecule has 0 N–H and O–H groups in total. The van der Waals surface area contributed by atoms with Gasteiger partial charge in [0.2, 0.25) is 0 Å². The number of aryl methyl sites for hydroxylation is 2. The first-order chi connectivity index (χ1) is 13.2. The van der Waals surface area contributed by atoms with E-state index in [4.69, 9.17) is 0 Å².